The van der Waals surface area contributed by atoms with Crippen LogP contribution in [-0.4, -0.2) is 14.2 Å². The lowest BCUT2D eigenvalue weighted by molar-refractivity contribution is 0.410. The first-order valence-corrected chi connectivity index (χ1v) is 7.82. The Morgan fingerprint density at radius 1 is 0.880 bits per heavy atom. The largest absolute Gasteiger partial charge is 0.497 e. The van der Waals surface area contributed by atoms with Gasteiger partial charge in [0, 0.05) is 16.5 Å². The molecule has 0 atom stereocenters. The minimum Gasteiger partial charge on any atom is -0.497 e. The minimum atomic E-state index is -0.442. The van der Waals surface area contributed by atoms with Crippen LogP contribution in [0.2, 0.25) is 0 Å². The van der Waals surface area contributed by atoms with Crippen LogP contribution in [0.15, 0.2) is 45.6 Å². The van der Waals surface area contributed by atoms with E-state index in [2.05, 4.69) is 11.8 Å². The van der Waals surface area contributed by atoms with E-state index in [4.69, 9.17) is 13.9 Å². The Kier molecular flexibility index (Phi) is 4.49. The first-order chi connectivity index (χ1) is 12.0. The van der Waals surface area contributed by atoms with Gasteiger partial charge in [-0.2, -0.15) is 0 Å². The van der Waals surface area contributed by atoms with Crippen molar-refractivity contribution in [2.75, 3.05) is 14.2 Å². The molecule has 0 saturated heterocycles. The number of aryl methyl sites for hydroxylation is 2. The van der Waals surface area contributed by atoms with Gasteiger partial charge in [0.15, 0.2) is 0 Å². The van der Waals surface area contributed by atoms with Gasteiger partial charge in [0.25, 0.3) is 0 Å². The van der Waals surface area contributed by atoms with Crippen molar-refractivity contribution in [3.63, 3.8) is 0 Å². The Morgan fingerprint density at radius 2 is 1.60 bits per heavy atom. The molecule has 0 aliphatic heterocycles. The molecule has 0 fully saturated rings. The standard InChI is InChI=1S/C21H18O4/c1-13-17-11-12-19(24-4)14(2)20(17)25-21(22)18(13)10-7-15-5-8-16(23-3)9-6-15/h5-6,8-9,11-12H,1-4H3. The zero-order valence-electron chi connectivity index (χ0n) is 14.6. The summed E-state index contributed by atoms with van der Waals surface area (Å²) in [6.45, 7) is 3.75. The number of benzene rings is 2. The molecule has 0 amide bonds. The van der Waals surface area contributed by atoms with Crippen molar-refractivity contribution in [1.82, 2.24) is 0 Å². The van der Waals surface area contributed by atoms with Gasteiger partial charge in [-0.3, -0.25) is 0 Å². The molecule has 25 heavy (non-hydrogen) atoms. The van der Waals surface area contributed by atoms with Crippen LogP contribution >= 0.6 is 0 Å². The van der Waals surface area contributed by atoms with Gasteiger partial charge < -0.3 is 13.9 Å². The molecule has 1 heterocycles. The third-order valence-corrected chi connectivity index (χ3v) is 4.18. The number of hydrogen-bond acceptors (Lipinski definition) is 4. The molecule has 3 aromatic rings. The maximum absolute atomic E-state index is 12.4. The van der Waals surface area contributed by atoms with Gasteiger partial charge in [-0.05, 0) is 55.8 Å². The zero-order valence-corrected chi connectivity index (χ0v) is 14.6. The van der Waals surface area contributed by atoms with Crippen molar-refractivity contribution in [2.24, 2.45) is 0 Å². The van der Waals surface area contributed by atoms with Crippen molar-refractivity contribution in [3.8, 4) is 23.3 Å². The number of hydrogen-bond donors (Lipinski definition) is 0. The number of methoxy groups -OCH3 is 2. The molecule has 4 nitrogen and oxygen atoms in total. The van der Waals surface area contributed by atoms with Crippen molar-refractivity contribution in [3.05, 3.63) is 69.1 Å². The topological polar surface area (TPSA) is 48.7 Å². The van der Waals surface area contributed by atoms with Crippen molar-refractivity contribution < 1.29 is 13.9 Å². The molecule has 0 aliphatic rings. The monoisotopic (exact) mass is 334 g/mol. The predicted octanol–water partition coefficient (Wildman–Crippen LogP) is 3.83. The number of fused-ring (bicyclic) bond motifs is 1. The van der Waals surface area contributed by atoms with Crippen LogP contribution in [0.4, 0.5) is 0 Å². The number of ether oxygens (including phenoxy) is 2. The summed E-state index contributed by atoms with van der Waals surface area (Å²) < 4.78 is 15.9. The maximum Gasteiger partial charge on any atom is 0.352 e. The fraction of sp³-hybridized carbons (Fsp3) is 0.190. The summed E-state index contributed by atoms with van der Waals surface area (Å²) in [6, 6.07) is 11.1. The molecule has 0 bridgehead atoms. The third kappa shape index (κ3) is 3.09. The second kappa shape index (κ2) is 6.74. The van der Waals surface area contributed by atoms with E-state index in [9.17, 15) is 4.79 Å². The van der Waals surface area contributed by atoms with Gasteiger partial charge in [-0.15, -0.1) is 0 Å². The molecule has 0 saturated carbocycles. The minimum absolute atomic E-state index is 0.368. The second-order valence-corrected chi connectivity index (χ2v) is 5.64. The van der Waals surface area contributed by atoms with Gasteiger partial charge in [0.05, 0.1) is 14.2 Å². The van der Waals surface area contributed by atoms with Crippen molar-refractivity contribution >= 4 is 11.0 Å². The summed E-state index contributed by atoms with van der Waals surface area (Å²) in [7, 11) is 3.20. The summed E-state index contributed by atoms with van der Waals surface area (Å²) in [5, 5.41) is 0.858. The zero-order chi connectivity index (χ0) is 18.0. The normalized spacial score (nSPS) is 10.2. The first kappa shape index (κ1) is 16.7. The fourth-order valence-electron chi connectivity index (χ4n) is 2.71. The van der Waals surface area contributed by atoms with Gasteiger partial charge in [0.2, 0.25) is 0 Å². The molecule has 0 aliphatic carbocycles. The Bertz CT molecular complexity index is 1050. The fourth-order valence-corrected chi connectivity index (χ4v) is 2.71. The molecule has 2 aromatic carbocycles. The summed E-state index contributed by atoms with van der Waals surface area (Å²) in [4.78, 5) is 12.4. The van der Waals surface area contributed by atoms with Crippen LogP contribution in [-0.2, 0) is 0 Å². The highest BCUT2D eigenvalue weighted by molar-refractivity contribution is 5.86. The summed E-state index contributed by atoms with van der Waals surface area (Å²) in [6.07, 6.45) is 0. The van der Waals surface area contributed by atoms with Crippen molar-refractivity contribution in [2.45, 2.75) is 13.8 Å². The molecule has 126 valence electrons. The van der Waals surface area contributed by atoms with Crippen LogP contribution < -0.4 is 15.1 Å². The van der Waals surface area contributed by atoms with Gasteiger partial charge in [-0.25, -0.2) is 4.79 Å². The predicted molar refractivity (Wildman–Crippen MR) is 97.5 cm³/mol. The second-order valence-electron chi connectivity index (χ2n) is 5.64. The molecular formula is C21H18O4. The highest BCUT2D eigenvalue weighted by atomic mass is 16.5. The van der Waals surface area contributed by atoms with Crippen LogP contribution in [0.1, 0.15) is 22.3 Å². The van der Waals surface area contributed by atoms with E-state index < -0.39 is 5.63 Å². The quantitative estimate of drug-likeness (QED) is 0.528. The van der Waals surface area contributed by atoms with E-state index in [1.54, 1.807) is 14.2 Å². The number of rotatable bonds is 2. The average Bonchev–Trinajstić information content (AvgIpc) is 2.63. The van der Waals surface area contributed by atoms with E-state index in [0.29, 0.717) is 16.9 Å². The van der Waals surface area contributed by atoms with Crippen LogP contribution in [0.5, 0.6) is 11.5 Å². The Balaban J connectivity index is 2.11. The molecule has 3 rings (SSSR count). The van der Waals surface area contributed by atoms with Crippen LogP contribution in [0.3, 0.4) is 0 Å². The summed E-state index contributed by atoms with van der Waals surface area (Å²) in [5.41, 5.74) is 2.87. The van der Waals surface area contributed by atoms with E-state index >= 15 is 0 Å². The van der Waals surface area contributed by atoms with E-state index in [0.717, 1.165) is 27.8 Å². The Morgan fingerprint density at radius 3 is 2.24 bits per heavy atom. The molecule has 0 unspecified atom stereocenters. The summed E-state index contributed by atoms with van der Waals surface area (Å²) in [5.74, 6) is 7.40. The first-order valence-electron chi connectivity index (χ1n) is 7.82. The molecule has 1 aromatic heterocycles. The van der Waals surface area contributed by atoms with Gasteiger partial charge >= 0.3 is 5.63 Å². The van der Waals surface area contributed by atoms with E-state index in [1.165, 1.54) is 0 Å². The molecule has 4 heteroatoms. The molecule has 0 N–H and O–H groups in total. The Labute approximate surface area is 146 Å². The highest BCUT2D eigenvalue weighted by Crippen LogP contribution is 2.28. The summed E-state index contributed by atoms with van der Waals surface area (Å²) >= 11 is 0. The lowest BCUT2D eigenvalue weighted by Gasteiger charge is -2.09. The molecular weight excluding hydrogens is 316 g/mol. The SMILES string of the molecule is COc1ccc(C#Cc2c(C)c3ccc(OC)c(C)c3oc2=O)cc1. The van der Waals surface area contributed by atoms with Crippen LogP contribution in [0.25, 0.3) is 11.0 Å². The van der Waals surface area contributed by atoms with E-state index in [1.807, 2.05) is 50.2 Å². The lowest BCUT2D eigenvalue weighted by atomic mass is 10.0. The van der Waals surface area contributed by atoms with Gasteiger partial charge in [-0.1, -0.05) is 11.8 Å². The Hall–Kier alpha value is -3.19. The van der Waals surface area contributed by atoms with E-state index in [-0.39, 0.29) is 0 Å². The smallest absolute Gasteiger partial charge is 0.352 e. The highest BCUT2D eigenvalue weighted by Gasteiger charge is 2.13. The molecule has 0 radical (unpaired) electrons. The lowest BCUT2D eigenvalue weighted by Crippen LogP contribution is -2.07. The van der Waals surface area contributed by atoms with Crippen LogP contribution in [0, 0.1) is 25.7 Å². The maximum atomic E-state index is 12.4. The average molecular weight is 334 g/mol. The van der Waals surface area contributed by atoms with Gasteiger partial charge in [0.1, 0.15) is 22.6 Å². The molecule has 0 spiro atoms. The third-order valence-electron chi connectivity index (χ3n) is 4.18. The van der Waals surface area contributed by atoms with Crippen molar-refractivity contribution in [1.29, 1.82) is 0 Å².